The van der Waals surface area contributed by atoms with Crippen LogP contribution in [0.5, 0.6) is 5.75 Å². The molecule has 1 aliphatic rings. The molecule has 3 amide bonds. The van der Waals surface area contributed by atoms with Crippen molar-refractivity contribution in [3.63, 3.8) is 0 Å². The van der Waals surface area contributed by atoms with Crippen molar-refractivity contribution in [3.8, 4) is 5.75 Å². The van der Waals surface area contributed by atoms with Gasteiger partial charge >= 0.3 is 0 Å². The van der Waals surface area contributed by atoms with Gasteiger partial charge in [0, 0.05) is 21.2 Å². The second-order valence-corrected chi connectivity index (χ2v) is 15.7. The Morgan fingerprint density at radius 2 is 1.65 bits per heavy atom. The van der Waals surface area contributed by atoms with Gasteiger partial charge in [0.15, 0.2) is 6.10 Å². The molecule has 1 fully saturated rings. The van der Waals surface area contributed by atoms with Crippen LogP contribution in [0.25, 0.3) is 11.0 Å². The van der Waals surface area contributed by atoms with Crippen molar-refractivity contribution in [2.24, 2.45) is 4.99 Å². The molecule has 7 rings (SSSR count). The van der Waals surface area contributed by atoms with Gasteiger partial charge < -0.3 is 15.4 Å². The van der Waals surface area contributed by atoms with Gasteiger partial charge in [0.05, 0.1) is 26.4 Å². The van der Waals surface area contributed by atoms with E-state index in [1.807, 2.05) is 39.0 Å². The van der Waals surface area contributed by atoms with Gasteiger partial charge in [0.2, 0.25) is 0 Å². The van der Waals surface area contributed by atoms with E-state index in [0.717, 1.165) is 22.9 Å². The number of benzene rings is 5. The van der Waals surface area contributed by atoms with E-state index in [-0.39, 0.29) is 43.2 Å². The minimum absolute atomic E-state index is 0.118. The summed E-state index contributed by atoms with van der Waals surface area (Å²) in [5.41, 5.74) is 7.83. The van der Waals surface area contributed by atoms with Crippen LogP contribution in [0.1, 0.15) is 34.8 Å². The first-order valence-electron chi connectivity index (χ1n) is 17.4. The molecule has 0 aliphatic carbocycles. The van der Waals surface area contributed by atoms with Crippen LogP contribution in [0.3, 0.4) is 0 Å². The number of hydrogen-bond donors (Lipinski definition) is 4. The number of aliphatic imine (C=N–C) groups is 1. The molecule has 57 heavy (non-hydrogen) atoms. The number of nitrogens with one attached hydrogen (secondary N) is 4. The van der Waals surface area contributed by atoms with E-state index in [1.165, 1.54) is 17.1 Å². The Hall–Kier alpha value is -5.31. The van der Waals surface area contributed by atoms with Gasteiger partial charge in [-0.05, 0) is 92.6 Å². The van der Waals surface area contributed by atoms with Crippen LogP contribution in [0.15, 0.2) is 101 Å². The standard InChI is InChI=1S/C40H32Cl4N8O4S/c1-4-32(56-33-14-9-20(2)15-21(33)3)39(54)47-29-7-5-6-8-34(29)57-36-37(50-52(40(36)55)35-26(43)17-23(41)18-27(35)44)46-30-19-24(11-12-25(30)42)45-38(53)22-10-13-28-31(16-22)49-51-48-28/h5-19,32,36H,4H2,1-3H3,(H,45,53)(H,46,50)(H,47,54)(H,48,49,51). The summed E-state index contributed by atoms with van der Waals surface area (Å²) in [4.78, 5) is 46.6. The van der Waals surface area contributed by atoms with Crippen LogP contribution < -0.4 is 25.8 Å². The fraction of sp³-hybridized carbons (Fsp3) is 0.150. The lowest BCUT2D eigenvalue weighted by Crippen LogP contribution is -2.36. The Morgan fingerprint density at radius 3 is 2.40 bits per heavy atom. The number of aromatic amines is 1. The third-order valence-electron chi connectivity index (χ3n) is 8.80. The Kier molecular flexibility index (Phi) is 11.9. The van der Waals surface area contributed by atoms with Crippen LogP contribution in [-0.2, 0) is 9.59 Å². The zero-order valence-electron chi connectivity index (χ0n) is 30.4. The number of aromatic nitrogens is 3. The molecule has 6 aromatic rings. The number of amides is 3. The van der Waals surface area contributed by atoms with E-state index in [9.17, 15) is 14.4 Å². The lowest BCUT2D eigenvalue weighted by molar-refractivity contribution is -0.122. The number of carbonyl (C=O) groups excluding carboxylic acids is 3. The number of para-hydroxylation sites is 1. The number of thioether (sulfide) groups is 1. The molecule has 290 valence electrons. The third-order valence-corrected chi connectivity index (χ3v) is 11.2. The number of hydrogen-bond acceptors (Lipinski definition) is 8. The number of anilines is 3. The van der Waals surface area contributed by atoms with Crippen molar-refractivity contribution in [3.05, 3.63) is 128 Å². The van der Waals surface area contributed by atoms with Crippen molar-refractivity contribution < 1.29 is 19.1 Å². The highest BCUT2D eigenvalue weighted by molar-refractivity contribution is 8.01. The topological polar surface area (TPSA) is 154 Å². The molecular weight excluding hydrogens is 830 g/mol. The van der Waals surface area contributed by atoms with E-state index in [1.54, 1.807) is 60.7 Å². The number of halogens is 4. The highest BCUT2D eigenvalue weighted by Crippen LogP contribution is 2.41. The molecule has 2 heterocycles. The summed E-state index contributed by atoms with van der Waals surface area (Å²) < 4.78 is 6.15. The van der Waals surface area contributed by atoms with Crippen LogP contribution in [0.4, 0.5) is 22.7 Å². The lowest BCUT2D eigenvalue weighted by Gasteiger charge is -2.20. The number of aryl methyl sites for hydroxylation is 2. The normalized spacial score (nSPS) is 15.1. The summed E-state index contributed by atoms with van der Waals surface area (Å²) in [6.07, 6.45) is -0.383. The Bertz CT molecular complexity index is 2560. The minimum atomic E-state index is -1.03. The van der Waals surface area contributed by atoms with Crippen LogP contribution in [-0.4, -0.2) is 50.3 Å². The van der Waals surface area contributed by atoms with Crippen molar-refractivity contribution in [1.29, 1.82) is 0 Å². The lowest BCUT2D eigenvalue weighted by atomic mass is 10.1. The van der Waals surface area contributed by atoms with Gasteiger partial charge in [-0.3, -0.25) is 19.8 Å². The SMILES string of the molecule is CCC(Oc1ccc(C)cc1C)C(=O)Nc1ccccc1SC1C(=O)N(c2c(Cl)cc(Cl)cc2Cl)NC1=Nc1cc(NC(=O)c2ccc3n[nH]nc3c2)ccc1Cl. The summed E-state index contributed by atoms with van der Waals surface area (Å²) in [6, 6.07) is 25.5. The zero-order chi connectivity index (χ0) is 40.4. The van der Waals surface area contributed by atoms with E-state index in [4.69, 9.17) is 56.1 Å². The second kappa shape index (κ2) is 17.0. The number of nitrogens with zero attached hydrogens (tertiary/aromatic N) is 4. The first-order chi connectivity index (χ1) is 27.4. The Morgan fingerprint density at radius 1 is 0.895 bits per heavy atom. The number of ether oxygens (including phenoxy) is 1. The number of fused-ring (bicyclic) bond motifs is 1. The molecule has 12 nitrogen and oxygen atoms in total. The maximum absolute atomic E-state index is 14.4. The fourth-order valence-electron chi connectivity index (χ4n) is 5.98. The smallest absolute Gasteiger partial charge is 0.267 e. The first kappa shape index (κ1) is 39.9. The van der Waals surface area contributed by atoms with E-state index >= 15 is 0 Å². The fourth-order valence-corrected chi connectivity index (χ4v) is 8.20. The number of H-pyrrole nitrogens is 1. The minimum Gasteiger partial charge on any atom is -0.480 e. The maximum Gasteiger partial charge on any atom is 0.267 e. The van der Waals surface area contributed by atoms with Crippen molar-refractivity contribution >= 4 is 116 Å². The van der Waals surface area contributed by atoms with Gasteiger partial charge in [0.1, 0.15) is 33.6 Å². The molecule has 0 bridgehead atoms. The molecule has 1 aromatic heterocycles. The van der Waals surface area contributed by atoms with Crippen LogP contribution >= 0.6 is 58.2 Å². The third kappa shape index (κ3) is 8.83. The Balaban J connectivity index is 1.19. The van der Waals surface area contributed by atoms with E-state index in [2.05, 4.69) is 31.5 Å². The van der Waals surface area contributed by atoms with Crippen molar-refractivity contribution in [2.75, 3.05) is 15.6 Å². The molecule has 2 atom stereocenters. The van der Waals surface area contributed by atoms with Crippen LogP contribution in [0.2, 0.25) is 20.1 Å². The maximum atomic E-state index is 14.4. The first-order valence-corrected chi connectivity index (χ1v) is 19.8. The van der Waals surface area contributed by atoms with E-state index < -0.39 is 23.2 Å². The second-order valence-electron chi connectivity index (χ2n) is 12.9. The van der Waals surface area contributed by atoms with Crippen LogP contribution in [0, 0.1) is 13.8 Å². The number of hydrazine groups is 1. The number of amidine groups is 1. The quantitative estimate of drug-likeness (QED) is 0.100. The van der Waals surface area contributed by atoms with Crippen molar-refractivity contribution in [1.82, 2.24) is 20.8 Å². The van der Waals surface area contributed by atoms with Gasteiger partial charge in [-0.2, -0.15) is 15.4 Å². The highest BCUT2D eigenvalue weighted by Gasteiger charge is 2.41. The Labute approximate surface area is 351 Å². The van der Waals surface area contributed by atoms with Gasteiger partial charge in [-0.1, -0.05) is 83.2 Å². The molecule has 4 N–H and O–H groups in total. The molecule has 0 radical (unpaired) electrons. The monoisotopic (exact) mass is 860 g/mol. The molecule has 1 saturated heterocycles. The van der Waals surface area contributed by atoms with E-state index in [0.29, 0.717) is 45.0 Å². The summed E-state index contributed by atoms with van der Waals surface area (Å²) in [6.45, 7) is 5.78. The molecule has 1 aliphatic heterocycles. The highest BCUT2D eigenvalue weighted by atomic mass is 35.5. The van der Waals surface area contributed by atoms with Crippen molar-refractivity contribution in [2.45, 2.75) is 43.4 Å². The zero-order valence-corrected chi connectivity index (χ0v) is 34.2. The summed E-state index contributed by atoms with van der Waals surface area (Å²) in [5.74, 6) is -0.448. The summed E-state index contributed by atoms with van der Waals surface area (Å²) in [5, 5.41) is 17.4. The average molecular weight is 863 g/mol. The predicted octanol–water partition coefficient (Wildman–Crippen LogP) is 9.98. The largest absolute Gasteiger partial charge is 0.480 e. The molecule has 0 saturated carbocycles. The van der Waals surface area contributed by atoms with Gasteiger partial charge in [-0.25, -0.2) is 10.0 Å². The number of carbonyl (C=O) groups is 3. The molecular formula is C40H32Cl4N8O4S. The molecule has 17 heteroatoms. The molecule has 0 spiro atoms. The summed E-state index contributed by atoms with van der Waals surface area (Å²) >= 11 is 27.2. The van der Waals surface area contributed by atoms with Gasteiger partial charge in [0.25, 0.3) is 17.7 Å². The number of rotatable bonds is 11. The predicted molar refractivity (Wildman–Crippen MR) is 228 cm³/mol. The average Bonchev–Trinajstić information content (AvgIpc) is 3.76. The summed E-state index contributed by atoms with van der Waals surface area (Å²) in [7, 11) is 0. The molecule has 5 aromatic carbocycles. The molecule has 2 unspecified atom stereocenters. The van der Waals surface area contributed by atoms with Gasteiger partial charge in [-0.15, -0.1) is 11.8 Å².